The molecule has 21 heavy (non-hydrogen) atoms. The number of hydrazine groups is 1. The number of likely N-dealkylation sites (N-methyl/N-ethyl adjacent to an activating group) is 1. The first kappa shape index (κ1) is 17.3. The summed E-state index contributed by atoms with van der Waals surface area (Å²) in [5, 5.41) is 10.8. The molecule has 0 saturated heterocycles. The van der Waals surface area contributed by atoms with Crippen LogP contribution >= 0.6 is 0 Å². The fourth-order valence-electron chi connectivity index (χ4n) is 1.74. The first-order valence-electron chi connectivity index (χ1n) is 6.12. The molecule has 0 aliphatic heterocycles. The van der Waals surface area contributed by atoms with E-state index in [0.29, 0.717) is 0 Å². The molecule has 0 atom stereocenters. The van der Waals surface area contributed by atoms with Crippen LogP contribution in [-0.4, -0.2) is 44.5 Å². The number of hydrogen-bond donors (Lipinski definition) is 2. The molecular formula is C11H18N4O5S. The number of nitrogens with zero attached hydrogens (tertiary/aromatic N) is 2. The molecule has 9 nitrogen and oxygen atoms in total. The van der Waals surface area contributed by atoms with E-state index in [-0.39, 0.29) is 36.0 Å². The van der Waals surface area contributed by atoms with Crippen LogP contribution in [0.25, 0.3) is 0 Å². The van der Waals surface area contributed by atoms with Crippen molar-refractivity contribution in [3.05, 3.63) is 28.3 Å². The standard InChI is InChI=1S/C11H18N4O5S/c1-3-14(6-7-20-2)21(18,19)11-8-9(15(16)17)4-5-10(11)13-12/h4-5,8,13H,3,6-7,12H2,1-2H3. The van der Waals surface area contributed by atoms with Gasteiger partial charge < -0.3 is 10.2 Å². The molecule has 1 aromatic carbocycles. The summed E-state index contributed by atoms with van der Waals surface area (Å²) in [4.78, 5) is 9.92. The summed E-state index contributed by atoms with van der Waals surface area (Å²) in [5.74, 6) is 5.29. The van der Waals surface area contributed by atoms with Gasteiger partial charge in [-0.3, -0.25) is 16.0 Å². The molecule has 0 aliphatic rings. The van der Waals surface area contributed by atoms with Crippen molar-refractivity contribution in [2.45, 2.75) is 11.8 Å². The van der Waals surface area contributed by atoms with Crippen molar-refractivity contribution in [1.82, 2.24) is 4.31 Å². The van der Waals surface area contributed by atoms with Crippen molar-refractivity contribution in [3.8, 4) is 0 Å². The van der Waals surface area contributed by atoms with Gasteiger partial charge in [0.15, 0.2) is 0 Å². The number of sulfonamides is 1. The van der Waals surface area contributed by atoms with Gasteiger partial charge in [0.05, 0.1) is 17.2 Å². The van der Waals surface area contributed by atoms with Crippen molar-refractivity contribution in [3.63, 3.8) is 0 Å². The Hall–Kier alpha value is -1.75. The first-order valence-corrected chi connectivity index (χ1v) is 7.56. The van der Waals surface area contributed by atoms with E-state index in [9.17, 15) is 18.5 Å². The summed E-state index contributed by atoms with van der Waals surface area (Å²) in [7, 11) is -2.46. The lowest BCUT2D eigenvalue weighted by atomic mass is 10.3. The normalized spacial score (nSPS) is 11.6. The largest absolute Gasteiger partial charge is 0.383 e. The Balaban J connectivity index is 3.33. The minimum atomic E-state index is -3.92. The van der Waals surface area contributed by atoms with E-state index in [2.05, 4.69) is 5.43 Å². The first-order chi connectivity index (χ1) is 9.88. The minimum Gasteiger partial charge on any atom is -0.383 e. The second-order valence-corrected chi connectivity index (χ2v) is 5.98. The summed E-state index contributed by atoms with van der Waals surface area (Å²) >= 11 is 0. The number of nitrogen functional groups attached to an aromatic ring is 1. The van der Waals surface area contributed by atoms with Gasteiger partial charge in [-0.15, -0.1) is 0 Å². The Morgan fingerprint density at radius 2 is 2.14 bits per heavy atom. The van der Waals surface area contributed by atoms with Crippen molar-refractivity contribution in [2.24, 2.45) is 5.84 Å². The fourth-order valence-corrected chi connectivity index (χ4v) is 3.35. The van der Waals surface area contributed by atoms with Gasteiger partial charge in [0.2, 0.25) is 10.0 Å². The number of nitrogens with two attached hydrogens (primary N) is 1. The Morgan fingerprint density at radius 3 is 2.62 bits per heavy atom. The van der Waals surface area contributed by atoms with Gasteiger partial charge in [-0.25, -0.2) is 8.42 Å². The average Bonchev–Trinajstić information content (AvgIpc) is 2.47. The fraction of sp³-hybridized carbons (Fsp3) is 0.455. The molecule has 0 heterocycles. The Kier molecular flexibility index (Phi) is 6.03. The van der Waals surface area contributed by atoms with E-state index in [4.69, 9.17) is 10.6 Å². The maximum atomic E-state index is 12.6. The highest BCUT2D eigenvalue weighted by Gasteiger charge is 2.27. The lowest BCUT2D eigenvalue weighted by molar-refractivity contribution is -0.385. The molecule has 0 amide bonds. The second-order valence-electron chi connectivity index (χ2n) is 4.07. The van der Waals surface area contributed by atoms with E-state index in [1.54, 1.807) is 6.92 Å². The van der Waals surface area contributed by atoms with Crippen LogP contribution in [0.1, 0.15) is 6.92 Å². The third-order valence-electron chi connectivity index (χ3n) is 2.85. The molecule has 118 valence electrons. The van der Waals surface area contributed by atoms with Gasteiger partial charge in [-0.05, 0) is 6.07 Å². The zero-order valence-electron chi connectivity index (χ0n) is 11.8. The van der Waals surface area contributed by atoms with Crippen LogP contribution in [0.4, 0.5) is 11.4 Å². The monoisotopic (exact) mass is 318 g/mol. The third kappa shape index (κ3) is 3.88. The van der Waals surface area contributed by atoms with Crippen LogP contribution in [0.2, 0.25) is 0 Å². The smallest absolute Gasteiger partial charge is 0.270 e. The molecular weight excluding hydrogens is 300 g/mol. The molecule has 10 heteroatoms. The van der Waals surface area contributed by atoms with Gasteiger partial charge in [-0.1, -0.05) is 6.92 Å². The van der Waals surface area contributed by atoms with Crippen LogP contribution in [0, 0.1) is 10.1 Å². The molecule has 0 aliphatic carbocycles. The molecule has 0 bridgehead atoms. The summed E-state index contributed by atoms with van der Waals surface area (Å²) < 4.78 is 31.2. The van der Waals surface area contributed by atoms with Crippen LogP contribution in [0.15, 0.2) is 23.1 Å². The molecule has 0 unspecified atom stereocenters. The van der Waals surface area contributed by atoms with E-state index >= 15 is 0 Å². The Labute approximate surface area is 122 Å². The highest BCUT2D eigenvalue weighted by Crippen LogP contribution is 2.28. The van der Waals surface area contributed by atoms with Crippen molar-refractivity contribution >= 4 is 21.4 Å². The molecule has 1 aromatic rings. The number of non-ortho nitro benzene ring substituents is 1. The van der Waals surface area contributed by atoms with E-state index < -0.39 is 14.9 Å². The van der Waals surface area contributed by atoms with E-state index in [1.807, 2.05) is 0 Å². The minimum absolute atomic E-state index is 0.0940. The quantitative estimate of drug-likeness (QED) is 0.406. The number of ether oxygens (including phenoxy) is 1. The third-order valence-corrected chi connectivity index (χ3v) is 4.86. The average molecular weight is 318 g/mol. The number of benzene rings is 1. The topological polar surface area (TPSA) is 128 Å². The number of hydrogen-bond acceptors (Lipinski definition) is 7. The van der Waals surface area contributed by atoms with Crippen LogP contribution in [0.3, 0.4) is 0 Å². The van der Waals surface area contributed by atoms with Gasteiger partial charge in [0.25, 0.3) is 5.69 Å². The summed E-state index contributed by atoms with van der Waals surface area (Å²) in [5.41, 5.74) is 2.01. The maximum absolute atomic E-state index is 12.6. The molecule has 0 aromatic heterocycles. The van der Waals surface area contributed by atoms with Crippen LogP contribution < -0.4 is 11.3 Å². The molecule has 3 N–H and O–H groups in total. The number of nitro groups is 1. The maximum Gasteiger partial charge on any atom is 0.270 e. The van der Waals surface area contributed by atoms with Crippen molar-refractivity contribution < 1.29 is 18.1 Å². The number of nitrogens with one attached hydrogen (secondary N) is 1. The number of anilines is 1. The van der Waals surface area contributed by atoms with Crippen molar-refractivity contribution in [1.29, 1.82) is 0 Å². The predicted molar refractivity (Wildman–Crippen MR) is 77.2 cm³/mol. The van der Waals surface area contributed by atoms with Gasteiger partial charge in [-0.2, -0.15) is 4.31 Å². The van der Waals surface area contributed by atoms with Gasteiger partial charge >= 0.3 is 0 Å². The van der Waals surface area contributed by atoms with Crippen LogP contribution in [0.5, 0.6) is 0 Å². The molecule has 0 spiro atoms. The Morgan fingerprint density at radius 1 is 1.48 bits per heavy atom. The summed E-state index contributed by atoms with van der Waals surface area (Å²) in [6, 6.07) is 3.43. The second kappa shape index (κ2) is 7.31. The highest BCUT2D eigenvalue weighted by molar-refractivity contribution is 7.89. The van der Waals surface area contributed by atoms with Gasteiger partial charge in [0.1, 0.15) is 4.90 Å². The lowest BCUT2D eigenvalue weighted by Crippen LogP contribution is -2.34. The number of nitro benzene ring substituents is 1. The van der Waals surface area contributed by atoms with E-state index in [1.165, 1.54) is 19.2 Å². The molecule has 0 saturated carbocycles. The number of rotatable bonds is 8. The van der Waals surface area contributed by atoms with E-state index in [0.717, 1.165) is 10.4 Å². The number of methoxy groups -OCH3 is 1. The molecule has 0 fully saturated rings. The van der Waals surface area contributed by atoms with Crippen molar-refractivity contribution in [2.75, 3.05) is 32.2 Å². The SMILES string of the molecule is CCN(CCOC)S(=O)(=O)c1cc([N+](=O)[O-])ccc1NN. The predicted octanol–water partition coefficient (Wildman–Crippen LogP) is 0.537. The molecule has 0 radical (unpaired) electrons. The Bertz CT molecular complexity index is 605. The highest BCUT2D eigenvalue weighted by atomic mass is 32.2. The summed E-state index contributed by atoms with van der Waals surface area (Å²) in [6.45, 7) is 2.23. The van der Waals surface area contributed by atoms with Crippen LogP contribution in [-0.2, 0) is 14.8 Å². The zero-order chi connectivity index (χ0) is 16.0. The van der Waals surface area contributed by atoms with Gasteiger partial charge in [0, 0.05) is 32.3 Å². The summed E-state index contributed by atoms with van der Waals surface area (Å²) in [6.07, 6.45) is 0. The zero-order valence-corrected chi connectivity index (χ0v) is 12.6. The lowest BCUT2D eigenvalue weighted by Gasteiger charge is -2.21. The molecule has 1 rings (SSSR count).